The number of nitrogens with one attached hydrogen (secondary N) is 1. The Morgan fingerprint density at radius 1 is 1.44 bits per heavy atom. The van der Waals surface area contributed by atoms with E-state index < -0.39 is 20.9 Å². The molecule has 0 radical (unpaired) electrons. The molecule has 1 aromatic rings. The molecule has 0 aliphatic rings. The summed E-state index contributed by atoms with van der Waals surface area (Å²) in [6.07, 6.45) is 0.974. The fraction of sp³-hybridized carbons (Fsp3) is 0.333. The summed E-state index contributed by atoms with van der Waals surface area (Å²) in [7, 11) is -4.43. The largest absolute Gasteiger partial charge is 0.506 e. The Hall–Kier alpha value is -1.32. The zero-order valence-electron chi connectivity index (χ0n) is 10.0. The van der Waals surface area contributed by atoms with Gasteiger partial charge < -0.3 is 5.11 Å². The second-order valence-electron chi connectivity index (χ2n) is 3.55. The molecule has 1 unspecified atom stereocenters. The van der Waals surface area contributed by atoms with Crippen LogP contribution in [-0.2, 0) is 25.1 Å². The average Bonchev–Trinajstić information content (AvgIpc) is 2.23. The van der Waals surface area contributed by atoms with Crippen LogP contribution in [0.25, 0.3) is 0 Å². The van der Waals surface area contributed by atoms with Gasteiger partial charge in [-0.3, -0.25) is 8.91 Å². The van der Waals surface area contributed by atoms with Gasteiger partial charge in [-0.05, 0) is 18.6 Å². The Morgan fingerprint density at radius 2 is 2.06 bits per heavy atom. The summed E-state index contributed by atoms with van der Waals surface area (Å²) in [4.78, 5) is 0. The monoisotopic (exact) mass is 294 g/mol. The van der Waals surface area contributed by atoms with Gasteiger partial charge in [-0.15, -0.1) is 0 Å². The van der Waals surface area contributed by atoms with Crippen LogP contribution in [0.1, 0.15) is 5.56 Å². The first-order valence-electron chi connectivity index (χ1n) is 4.77. The van der Waals surface area contributed by atoms with E-state index >= 15 is 0 Å². The van der Waals surface area contributed by atoms with Crippen LogP contribution in [0.2, 0.25) is 0 Å². The highest BCUT2D eigenvalue weighted by atomic mass is 32.2. The van der Waals surface area contributed by atoms with Crippen LogP contribution in [0, 0.1) is 6.92 Å². The third kappa shape index (κ3) is 4.17. The van der Waals surface area contributed by atoms with Gasteiger partial charge >= 0.3 is 0 Å². The maximum Gasteiger partial charge on any atom is 0.229 e. The topological polar surface area (TPSA) is 105 Å². The zero-order chi connectivity index (χ0) is 13.9. The Balaban J connectivity index is 3.24. The van der Waals surface area contributed by atoms with Crippen molar-refractivity contribution in [2.45, 2.75) is 6.92 Å². The third-order valence-electron chi connectivity index (χ3n) is 1.96. The molecule has 102 valence electrons. The number of benzene rings is 1. The number of sulfonamides is 1. The quantitative estimate of drug-likeness (QED) is 0.566. The molecule has 18 heavy (non-hydrogen) atoms. The van der Waals surface area contributed by atoms with Crippen molar-refractivity contribution >= 4 is 32.3 Å². The van der Waals surface area contributed by atoms with E-state index in [0.717, 1.165) is 6.26 Å². The number of hydrogen-bond donors (Lipinski definition) is 3. The standard InChI is InChI=1S/C9H14N2O5S2/c1-6-4-8(11-18(3,14)15)9(12)5-7(6)10-17(13)16-2/h4-5,11-12,17H,1-3H3. The lowest BCUT2D eigenvalue weighted by atomic mass is 10.2. The highest BCUT2D eigenvalue weighted by Gasteiger charge is 2.10. The third-order valence-corrected chi connectivity index (χ3v) is 3.24. The lowest BCUT2D eigenvalue weighted by molar-refractivity contribution is 0.453. The van der Waals surface area contributed by atoms with Crippen LogP contribution in [0.15, 0.2) is 16.5 Å². The molecular formula is C9H14N2O5S2. The number of aromatic hydroxyl groups is 1. The average molecular weight is 294 g/mol. The van der Waals surface area contributed by atoms with Crippen LogP contribution in [0.5, 0.6) is 5.75 Å². The molecule has 0 saturated heterocycles. The minimum atomic E-state index is -3.48. The number of phenols is 1. The second-order valence-corrected chi connectivity index (χ2v) is 6.34. The smallest absolute Gasteiger partial charge is 0.229 e. The molecule has 0 aliphatic carbocycles. The lowest BCUT2D eigenvalue weighted by Gasteiger charge is -2.09. The fourth-order valence-corrected chi connectivity index (χ4v) is 2.24. The molecule has 9 heteroatoms. The number of phenolic OH excluding ortho intramolecular Hbond substituents is 1. The summed E-state index contributed by atoms with van der Waals surface area (Å²) in [5.74, 6) is -0.302. The Morgan fingerprint density at radius 3 is 2.56 bits per heavy atom. The minimum absolute atomic E-state index is 0.0431. The van der Waals surface area contributed by atoms with Gasteiger partial charge in [0.25, 0.3) is 0 Å². The minimum Gasteiger partial charge on any atom is -0.506 e. The van der Waals surface area contributed by atoms with Crippen molar-refractivity contribution in [1.29, 1.82) is 0 Å². The second kappa shape index (κ2) is 5.55. The SMILES string of the molecule is CO[SH](=O)=Nc1cc(O)c(NS(C)(=O)=O)cc1C. The van der Waals surface area contributed by atoms with E-state index in [-0.39, 0.29) is 17.1 Å². The Labute approximate surface area is 107 Å². The number of hydrogen-bond acceptors (Lipinski definition) is 6. The van der Waals surface area contributed by atoms with Crippen LogP contribution < -0.4 is 4.72 Å². The fourth-order valence-electron chi connectivity index (χ4n) is 1.20. The van der Waals surface area contributed by atoms with Crippen molar-refractivity contribution < 1.29 is 21.9 Å². The molecule has 0 bridgehead atoms. The molecule has 1 rings (SSSR count). The van der Waals surface area contributed by atoms with Gasteiger partial charge in [0, 0.05) is 6.07 Å². The molecule has 7 nitrogen and oxygen atoms in total. The molecule has 0 aromatic heterocycles. The first-order valence-corrected chi connectivity index (χ1v) is 7.79. The number of rotatable bonds is 4. The molecule has 0 aliphatic heterocycles. The van der Waals surface area contributed by atoms with Gasteiger partial charge in [-0.2, -0.15) is 4.36 Å². The van der Waals surface area contributed by atoms with Crippen LogP contribution >= 0.6 is 0 Å². The number of aryl methyl sites for hydroxylation is 1. The molecule has 1 aromatic carbocycles. The van der Waals surface area contributed by atoms with E-state index in [1.54, 1.807) is 6.92 Å². The van der Waals surface area contributed by atoms with Crippen LogP contribution in [-0.4, -0.2) is 31.1 Å². The normalized spacial score (nSPS) is 13.5. The van der Waals surface area contributed by atoms with E-state index in [9.17, 15) is 17.7 Å². The van der Waals surface area contributed by atoms with Crippen molar-refractivity contribution in [3.8, 4) is 5.75 Å². The molecule has 0 heterocycles. The first kappa shape index (κ1) is 14.7. The van der Waals surface area contributed by atoms with Crippen LogP contribution in [0.4, 0.5) is 11.4 Å². The van der Waals surface area contributed by atoms with Gasteiger partial charge in [0.2, 0.25) is 10.0 Å². The van der Waals surface area contributed by atoms with Crippen molar-refractivity contribution in [3.63, 3.8) is 0 Å². The van der Waals surface area contributed by atoms with Gasteiger partial charge in [0.1, 0.15) is 5.75 Å². The Bertz CT molecular complexity index is 633. The van der Waals surface area contributed by atoms with Crippen molar-refractivity contribution in [2.75, 3.05) is 18.1 Å². The molecule has 0 spiro atoms. The van der Waals surface area contributed by atoms with E-state index in [2.05, 4.69) is 13.3 Å². The predicted octanol–water partition coefficient (Wildman–Crippen LogP) is 0.930. The lowest BCUT2D eigenvalue weighted by Crippen LogP contribution is -2.09. The summed E-state index contributed by atoms with van der Waals surface area (Å²) in [5.41, 5.74) is 0.871. The molecule has 0 fully saturated rings. The molecule has 0 saturated carbocycles. The number of thiol groups is 1. The zero-order valence-corrected chi connectivity index (χ0v) is 11.7. The van der Waals surface area contributed by atoms with E-state index in [1.807, 2.05) is 0 Å². The molecule has 1 atom stereocenters. The highest BCUT2D eigenvalue weighted by molar-refractivity contribution is 7.92. The number of nitrogens with zero attached hydrogens (tertiary/aromatic N) is 1. The summed E-state index contributed by atoms with van der Waals surface area (Å²) in [6.45, 7) is 1.64. The van der Waals surface area contributed by atoms with Crippen molar-refractivity contribution in [1.82, 2.24) is 0 Å². The summed E-state index contributed by atoms with van der Waals surface area (Å²) >= 11 is 0. The molecule has 0 amide bonds. The van der Waals surface area contributed by atoms with Crippen LogP contribution in [0.3, 0.4) is 0 Å². The van der Waals surface area contributed by atoms with Gasteiger partial charge in [-0.1, -0.05) is 0 Å². The highest BCUT2D eigenvalue weighted by Crippen LogP contribution is 2.32. The maximum atomic E-state index is 11.1. The van der Waals surface area contributed by atoms with E-state index in [1.165, 1.54) is 19.2 Å². The Kier molecular flexibility index (Phi) is 4.54. The summed E-state index contributed by atoms with van der Waals surface area (Å²) < 4.78 is 43.6. The molecular weight excluding hydrogens is 280 g/mol. The van der Waals surface area contributed by atoms with Gasteiger partial charge in [-0.25, -0.2) is 12.6 Å². The van der Waals surface area contributed by atoms with Gasteiger partial charge in [0.15, 0.2) is 10.9 Å². The first-order chi connectivity index (χ1) is 8.23. The van der Waals surface area contributed by atoms with Crippen molar-refractivity contribution in [3.05, 3.63) is 17.7 Å². The van der Waals surface area contributed by atoms with Crippen molar-refractivity contribution in [2.24, 2.45) is 4.36 Å². The number of anilines is 1. The summed E-state index contributed by atoms with van der Waals surface area (Å²) in [5, 5.41) is 9.64. The molecule has 2 N–H and O–H groups in total. The maximum absolute atomic E-state index is 11.1. The van der Waals surface area contributed by atoms with E-state index in [0.29, 0.717) is 5.56 Å². The van der Waals surface area contributed by atoms with Gasteiger partial charge in [0.05, 0.1) is 24.7 Å². The summed E-state index contributed by atoms with van der Waals surface area (Å²) in [6, 6.07) is 2.61. The predicted molar refractivity (Wildman–Crippen MR) is 69.9 cm³/mol. The van der Waals surface area contributed by atoms with E-state index in [4.69, 9.17) is 0 Å².